The van der Waals surface area contributed by atoms with Crippen molar-refractivity contribution in [3.63, 3.8) is 0 Å². The Bertz CT molecular complexity index is 200. The van der Waals surface area contributed by atoms with E-state index in [-0.39, 0.29) is 13.0 Å². The highest BCUT2D eigenvalue weighted by molar-refractivity contribution is 5.87. The quantitative estimate of drug-likeness (QED) is 0.556. The number of aliphatic hydroxyl groups is 1. The molecule has 0 spiro atoms. The number of rotatable bonds is 2. The van der Waals surface area contributed by atoms with E-state index >= 15 is 0 Å². The van der Waals surface area contributed by atoms with Gasteiger partial charge < -0.3 is 14.6 Å². The minimum atomic E-state index is -0.932. The fraction of sp³-hybridized carbons (Fsp3) is 0.714. The molecule has 68 valence electrons. The van der Waals surface area contributed by atoms with Gasteiger partial charge in [-0.15, -0.1) is 0 Å². The monoisotopic (exact) mass is 174 g/mol. The van der Waals surface area contributed by atoms with Crippen LogP contribution in [0.25, 0.3) is 0 Å². The highest BCUT2D eigenvalue weighted by Gasteiger charge is 2.34. The molecular formula is C7H10O5. The molecule has 0 aromatic carbocycles. The van der Waals surface area contributed by atoms with Gasteiger partial charge in [0.1, 0.15) is 0 Å². The molecule has 2 atom stereocenters. The van der Waals surface area contributed by atoms with Gasteiger partial charge in [0.05, 0.1) is 0 Å². The molecule has 1 rings (SSSR count). The van der Waals surface area contributed by atoms with E-state index in [0.29, 0.717) is 0 Å². The Morgan fingerprint density at radius 3 is 2.58 bits per heavy atom. The van der Waals surface area contributed by atoms with E-state index < -0.39 is 24.1 Å². The van der Waals surface area contributed by atoms with E-state index in [1.165, 1.54) is 6.92 Å². The van der Waals surface area contributed by atoms with Gasteiger partial charge in [0.25, 0.3) is 0 Å². The average molecular weight is 174 g/mol. The zero-order valence-corrected chi connectivity index (χ0v) is 6.65. The van der Waals surface area contributed by atoms with E-state index in [0.717, 1.165) is 0 Å². The van der Waals surface area contributed by atoms with Crippen LogP contribution in [0.15, 0.2) is 0 Å². The molecule has 0 saturated carbocycles. The van der Waals surface area contributed by atoms with Gasteiger partial charge in [-0.1, -0.05) is 0 Å². The molecule has 0 aromatic heterocycles. The summed E-state index contributed by atoms with van der Waals surface area (Å²) in [5.41, 5.74) is 0. The summed E-state index contributed by atoms with van der Waals surface area (Å²) in [6.07, 6.45) is -1.66. The molecule has 0 aromatic rings. The van der Waals surface area contributed by atoms with Crippen LogP contribution in [0, 0.1) is 0 Å². The zero-order chi connectivity index (χ0) is 9.14. The van der Waals surface area contributed by atoms with Crippen LogP contribution in [-0.2, 0) is 19.1 Å². The van der Waals surface area contributed by atoms with Crippen LogP contribution in [0.4, 0.5) is 0 Å². The smallest absolute Gasteiger partial charge is 0.348 e. The summed E-state index contributed by atoms with van der Waals surface area (Å²) in [6, 6.07) is 0. The summed E-state index contributed by atoms with van der Waals surface area (Å²) in [7, 11) is 0. The largest absolute Gasteiger partial charge is 0.448 e. The van der Waals surface area contributed by atoms with Gasteiger partial charge in [-0.3, -0.25) is 0 Å². The van der Waals surface area contributed by atoms with E-state index in [2.05, 4.69) is 9.47 Å². The summed E-state index contributed by atoms with van der Waals surface area (Å²) in [5, 5.41) is 8.49. The number of carbonyl (C=O) groups is 2. The Hall–Kier alpha value is -1.10. The lowest BCUT2D eigenvalue weighted by atomic mass is 10.2. The maximum atomic E-state index is 10.9. The van der Waals surface area contributed by atoms with E-state index in [1.807, 2.05) is 0 Å². The Kier molecular flexibility index (Phi) is 2.65. The number of hydrogen-bond acceptors (Lipinski definition) is 5. The predicted octanol–water partition coefficient (Wildman–Crippen LogP) is -0.774. The Balaban J connectivity index is 2.55. The number of aliphatic hydroxyl groups excluding tert-OH is 1. The molecule has 0 aliphatic carbocycles. The number of ether oxygens (including phenoxy) is 2. The highest BCUT2D eigenvalue weighted by Crippen LogP contribution is 2.12. The first-order valence-electron chi connectivity index (χ1n) is 3.67. The van der Waals surface area contributed by atoms with Crippen molar-refractivity contribution in [3.05, 3.63) is 0 Å². The lowest BCUT2D eigenvalue weighted by Crippen LogP contribution is -2.42. The van der Waals surface area contributed by atoms with Gasteiger partial charge in [0.2, 0.25) is 6.10 Å². The van der Waals surface area contributed by atoms with Crippen LogP contribution in [-0.4, -0.2) is 35.9 Å². The van der Waals surface area contributed by atoms with Crippen LogP contribution in [0.2, 0.25) is 0 Å². The maximum absolute atomic E-state index is 10.9. The van der Waals surface area contributed by atoms with Crippen molar-refractivity contribution < 1.29 is 24.2 Å². The second kappa shape index (κ2) is 3.53. The first kappa shape index (κ1) is 8.99. The molecule has 1 fully saturated rings. The third-order valence-corrected chi connectivity index (χ3v) is 1.54. The standard InChI is InChI=1S/C7H10O5/c1-4-6(9)12-5(2-3-8)7(10)11-4/h4-5,8H,2-3H2,1H3/t4-,5-/m0/s1. The van der Waals surface area contributed by atoms with Crippen molar-refractivity contribution in [3.8, 4) is 0 Å². The number of esters is 2. The molecule has 1 N–H and O–H groups in total. The van der Waals surface area contributed by atoms with Crippen LogP contribution < -0.4 is 0 Å². The second-order valence-electron chi connectivity index (χ2n) is 2.52. The first-order valence-corrected chi connectivity index (χ1v) is 3.67. The van der Waals surface area contributed by atoms with Crippen molar-refractivity contribution in [2.75, 3.05) is 6.61 Å². The maximum Gasteiger partial charge on any atom is 0.348 e. The molecule has 1 aliphatic rings. The summed E-state index contributed by atoms with van der Waals surface area (Å²) in [6.45, 7) is 1.23. The molecule has 0 radical (unpaired) electrons. The zero-order valence-electron chi connectivity index (χ0n) is 6.65. The molecule has 0 bridgehead atoms. The van der Waals surface area contributed by atoms with Crippen molar-refractivity contribution in [1.29, 1.82) is 0 Å². The van der Waals surface area contributed by atoms with Gasteiger partial charge in [-0.05, 0) is 6.92 Å². The number of hydrogen-bond donors (Lipinski definition) is 1. The van der Waals surface area contributed by atoms with E-state index in [9.17, 15) is 9.59 Å². The second-order valence-corrected chi connectivity index (χ2v) is 2.52. The van der Waals surface area contributed by atoms with Crippen molar-refractivity contribution >= 4 is 11.9 Å². The summed E-state index contributed by atoms with van der Waals surface area (Å²) in [4.78, 5) is 21.8. The minimum Gasteiger partial charge on any atom is -0.448 e. The van der Waals surface area contributed by atoms with Crippen LogP contribution >= 0.6 is 0 Å². The molecule has 5 nitrogen and oxygen atoms in total. The first-order chi connectivity index (χ1) is 5.65. The van der Waals surface area contributed by atoms with Crippen molar-refractivity contribution in [2.45, 2.75) is 25.6 Å². The van der Waals surface area contributed by atoms with Gasteiger partial charge >= 0.3 is 11.9 Å². The predicted molar refractivity (Wildman–Crippen MR) is 37.1 cm³/mol. The molecule has 1 saturated heterocycles. The van der Waals surface area contributed by atoms with Crippen molar-refractivity contribution in [2.24, 2.45) is 0 Å². The molecule has 12 heavy (non-hydrogen) atoms. The molecule has 0 amide bonds. The minimum absolute atomic E-state index is 0.0945. The molecule has 5 heteroatoms. The third-order valence-electron chi connectivity index (χ3n) is 1.54. The van der Waals surface area contributed by atoms with Crippen LogP contribution in [0.3, 0.4) is 0 Å². The van der Waals surface area contributed by atoms with Crippen LogP contribution in [0.5, 0.6) is 0 Å². The van der Waals surface area contributed by atoms with E-state index in [1.54, 1.807) is 0 Å². The molecule has 1 aliphatic heterocycles. The van der Waals surface area contributed by atoms with Gasteiger partial charge in [-0.25, -0.2) is 9.59 Å². The Morgan fingerprint density at radius 1 is 1.33 bits per heavy atom. The topological polar surface area (TPSA) is 72.8 Å². The Morgan fingerprint density at radius 2 is 2.00 bits per heavy atom. The normalized spacial score (nSPS) is 29.5. The van der Waals surface area contributed by atoms with Gasteiger partial charge in [0, 0.05) is 13.0 Å². The van der Waals surface area contributed by atoms with Gasteiger partial charge in [0.15, 0.2) is 6.10 Å². The Labute approximate surface area is 69.3 Å². The van der Waals surface area contributed by atoms with Gasteiger partial charge in [-0.2, -0.15) is 0 Å². The van der Waals surface area contributed by atoms with Crippen molar-refractivity contribution in [1.82, 2.24) is 0 Å². The average Bonchev–Trinajstić information content (AvgIpc) is 2.01. The fourth-order valence-corrected chi connectivity index (χ4v) is 0.876. The highest BCUT2D eigenvalue weighted by atomic mass is 16.6. The molecule has 1 heterocycles. The summed E-state index contributed by atoms with van der Waals surface area (Å²) < 4.78 is 9.32. The summed E-state index contributed by atoms with van der Waals surface area (Å²) in [5.74, 6) is -1.15. The van der Waals surface area contributed by atoms with Crippen LogP contribution in [0.1, 0.15) is 13.3 Å². The molecule has 0 unspecified atom stereocenters. The third kappa shape index (κ3) is 1.73. The molecular weight excluding hydrogens is 164 g/mol. The summed E-state index contributed by atoms with van der Waals surface area (Å²) >= 11 is 0. The fourth-order valence-electron chi connectivity index (χ4n) is 0.876. The number of carbonyl (C=O) groups excluding carboxylic acids is 2. The lowest BCUT2D eigenvalue weighted by Gasteiger charge is -2.24. The SMILES string of the molecule is C[C@@H]1OC(=O)[C@H](CCO)OC1=O. The lowest BCUT2D eigenvalue weighted by molar-refractivity contribution is -0.194. The van der Waals surface area contributed by atoms with E-state index in [4.69, 9.17) is 5.11 Å². The number of cyclic esters (lactones) is 2.